The zero-order valence-corrected chi connectivity index (χ0v) is 17.8. The molecule has 3 rings (SSSR count). The third-order valence-electron chi connectivity index (χ3n) is 5.48. The second-order valence-electron chi connectivity index (χ2n) is 8.56. The SMILES string of the molecule is CCOC(=O)C1COC(=O)N1C1CCN(C(=O)c2cc(C(C)(C)C)nn2C)CC1. The molecule has 1 unspecified atom stereocenters. The van der Waals surface area contributed by atoms with Gasteiger partial charge in [-0.15, -0.1) is 0 Å². The summed E-state index contributed by atoms with van der Waals surface area (Å²) in [6, 6.07) is 0.990. The molecule has 2 saturated heterocycles. The number of amides is 2. The zero-order chi connectivity index (χ0) is 21.3. The second-order valence-corrected chi connectivity index (χ2v) is 8.56. The van der Waals surface area contributed by atoms with Gasteiger partial charge in [0.15, 0.2) is 6.04 Å². The highest BCUT2D eigenvalue weighted by atomic mass is 16.6. The van der Waals surface area contributed by atoms with Crippen molar-refractivity contribution in [2.45, 2.75) is 58.0 Å². The molecule has 0 spiro atoms. The number of aromatic nitrogens is 2. The molecule has 2 amide bonds. The molecule has 2 aliphatic rings. The van der Waals surface area contributed by atoms with E-state index in [1.54, 1.807) is 23.6 Å². The lowest BCUT2D eigenvalue weighted by Crippen LogP contribution is -2.52. The smallest absolute Gasteiger partial charge is 0.410 e. The van der Waals surface area contributed by atoms with Crippen LogP contribution >= 0.6 is 0 Å². The fourth-order valence-corrected chi connectivity index (χ4v) is 3.80. The molecule has 2 fully saturated rings. The number of cyclic esters (lactones) is 1. The lowest BCUT2D eigenvalue weighted by atomic mass is 9.92. The molecule has 0 saturated carbocycles. The van der Waals surface area contributed by atoms with Crippen LogP contribution in [0.25, 0.3) is 0 Å². The van der Waals surface area contributed by atoms with Crippen LogP contribution in [0.1, 0.15) is 56.7 Å². The largest absolute Gasteiger partial charge is 0.464 e. The standard InChI is InChI=1S/C20H30N4O5/c1-6-28-18(26)15-12-29-19(27)24(15)13-7-9-23(10-8-13)17(25)14-11-16(20(2,3)4)21-22(14)5/h11,13,15H,6-10,12H2,1-5H3. The Balaban J connectivity index is 1.66. The minimum Gasteiger partial charge on any atom is -0.464 e. The van der Waals surface area contributed by atoms with Crippen molar-refractivity contribution >= 4 is 18.0 Å². The second kappa shape index (κ2) is 8.04. The normalized spacial score (nSPS) is 20.7. The quantitative estimate of drug-likeness (QED) is 0.707. The number of likely N-dealkylation sites (tertiary alicyclic amines) is 1. The summed E-state index contributed by atoms with van der Waals surface area (Å²) in [6.45, 7) is 9.18. The van der Waals surface area contributed by atoms with Gasteiger partial charge in [0.1, 0.15) is 12.3 Å². The summed E-state index contributed by atoms with van der Waals surface area (Å²) < 4.78 is 11.8. The van der Waals surface area contributed by atoms with E-state index in [-0.39, 0.29) is 30.6 Å². The molecule has 29 heavy (non-hydrogen) atoms. The highest BCUT2D eigenvalue weighted by Gasteiger charge is 2.44. The van der Waals surface area contributed by atoms with Gasteiger partial charge in [-0.25, -0.2) is 9.59 Å². The fourth-order valence-electron chi connectivity index (χ4n) is 3.80. The molecule has 0 bridgehead atoms. The summed E-state index contributed by atoms with van der Waals surface area (Å²) in [7, 11) is 1.78. The lowest BCUT2D eigenvalue weighted by Gasteiger charge is -2.37. The van der Waals surface area contributed by atoms with E-state index in [9.17, 15) is 14.4 Å². The van der Waals surface area contributed by atoms with E-state index in [1.807, 2.05) is 6.07 Å². The summed E-state index contributed by atoms with van der Waals surface area (Å²) in [5.41, 5.74) is 1.29. The Morgan fingerprint density at radius 2 is 1.93 bits per heavy atom. The maximum absolute atomic E-state index is 13.0. The van der Waals surface area contributed by atoms with Gasteiger partial charge in [-0.2, -0.15) is 5.10 Å². The summed E-state index contributed by atoms with van der Waals surface area (Å²) in [6.07, 6.45) is 0.677. The summed E-state index contributed by atoms with van der Waals surface area (Å²) in [5.74, 6) is -0.513. The first-order chi connectivity index (χ1) is 13.6. The van der Waals surface area contributed by atoms with Crippen LogP contribution in [0.4, 0.5) is 4.79 Å². The molecule has 0 aromatic carbocycles. The molecule has 0 aliphatic carbocycles. The Hall–Kier alpha value is -2.58. The van der Waals surface area contributed by atoms with Gasteiger partial charge in [0.25, 0.3) is 5.91 Å². The number of rotatable bonds is 4. The first-order valence-electron chi connectivity index (χ1n) is 10.1. The van der Waals surface area contributed by atoms with Crippen LogP contribution in [0.15, 0.2) is 6.07 Å². The van der Waals surface area contributed by atoms with E-state index in [0.29, 0.717) is 31.6 Å². The molecule has 0 radical (unpaired) electrons. The molecule has 9 heteroatoms. The number of ether oxygens (including phenoxy) is 2. The molecule has 9 nitrogen and oxygen atoms in total. The summed E-state index contributed by atoms with van der Waals surface area (Å²) in [5, 5.41) is 4.48. The molecular formula is C20H30N4O5. The number of hydrogen-bond acceptors (Lipinski definition) is 6. The minimum atomic E-state index is -0.707. The molecule has 0 N–H and O–H groups in total. The predicted molar refractivity (Wildman–Crippen MR) is 104 cm³/mol. The van der Waals surface area contributed by atoms with Gasteiger partial charge in [0, 0.05) is 31.6 Å². The number of aryl methyl sites for hydroxylation is 1. The third-order valence-corrected chi connectivity index (χ3v) is 5.48. The maximum Gasteiger partial charge on any atom is 0.410 e. The Bertz CT molecular complexity index is 789. The minimum absolute atomic E-state index is 0.0153. The van der Waals surface area contributed by atoms with Crippen LogP contribution in [-0.4, -0.2) is 75.9 Å². The van der Waals surface area contributed by atoms with E-state index >= 15 is 0 Å². The Labute approximate surface area is 170 Å². The number of nitrogens with zero attached hydrogens (tertiary/aromatic N) is 4. The van der Waals surface area contributed by atoms with E-state index in [2.05, 4.69) is 25.9 Å². The van der Waals surface area contributed by atoms with Crippen LogP contribution in [0, 0.1) is 0 Å². The molecule has 1 atom stereocenters. The lowest BCUT2D eigenvalue weighted by molar-refractivity contribution is -0.148. The monoisotopic (exact) mass is 406 g/mol. The number of piperidine rings is 1. The van der Waals surface area contributed by atoms with Crippen LogP contribution in [0.2, 0.25) is 0 Å². The van der Waals surface area contributed by atoms with E-state index in [1.165, 1.54) is 4.90 Å². The van der Waals surface area contributed by atoms with Crippen LogP contribution in [0.5, 0.6) is 0 Å². The zero-order valence-electron chi connectivity index (χ0n) is 17.8. The fraction of sp³-hybridized carbons (Fsp3) is 0.700. The van der Waals surface area contributed by atoms with Gasteiger partial charge in [0.05, 0.1) is 12.3 Å². The van der Waals surface area contributed by atoms with Gasteiger partial charge in [-0.1, -0.05) is 20.8 Å². The molecule has 1 aromatic rings. The molecule has 2 aliphatic heterocycles. The maximum atomic E-state index is 13.0. The van der Waals surface area contributed by atoms with E-state index in [0.717, 1.165) is 5.69 Å². The van der Waals surface area contributed by atoms with Crippen molar-refractivity contribution in [3.05, 3.63) is 17.5 Å². The number of hydrogen-bond donors (Lipinski definition) is 0. The van der Waals surface area contributed by atoms with Gasteiger partial charge >= 0.3 is 12.1 Å². The predicted octanol–water partition coefficient (Wildman–Crippen LogP) is 1.71. The van der Waals surface area contributed by atoms with Crippen molar-refractivity contribution in [3.63, 3.8) is 0 Å². The van der Waals surface area contributed by atoms with Crippen LogP contribution < -0.4 is 0 Å². The Morgan fingerprint density at radius 3 is 2.48 bits per heavy atom. The first kappa shape index (κ1) is 21.1. The van der Waals surface area contributed by atoms with Crippen LogP contribution in [0.3, 0.4) is 0 Å². The van der Waals surface area contributed by atoms with Crippen molar-refractivity contribution in [2.24, 2.45) is 7.05 Å². The number of carbonyl (C=O) groups is 3. The third kappa shape index (κ3) is 4.23. The highest BCUT2D eigenvalue weighted by molar-refractivity contribution is 5.93. The van der Waals surface area contributed by atoms with Gasteiger partial charge in [-0.3, -0.25) is 14.4 Å². The topological polar surface area (TPSA) is 94.0 Å². The van der Waals surface area contributed by atoms with E-state index in [4.69, 9.17) is 9.47 Å². The molecule has 1 aromatic heterocycles. The first-order valence-corrected chi connectivity index (χ1v) is 10.1. The van der Waals surface area contributed by atoms with Gasteiger partial charge < -0.3 is 14.4 Å². The van der Waals surface area contributed by atoms with Gasteiger partial charge in [-0.05, 0) is 25.8 Å². The van der Waals surface area contributed by atoms with Crippen molar-refractivity contribution < 1.29 is 23.9 Å². The van der Waals surface area contributed by atoms with Crippen molar-refractivity contribution in [1.82, 2.24) is 19.6 Å². The number of esters is 1. The van der Waals surface area contributed by atoms with Crippen molar-refractivity contribution in [3.8, 4) is 0 Å². The van der Waals surface area contributed by atoms with Crippen molar-refractivity contribution in [1.29, 1.82) is 0 Å². The average molecular weight is 406 g/mol. The molecule has 160 valence electrons. The van der Waals surface area contributed by atoms with Crippen LogP contribution in [-0.2, 0) is 26.7 Å². The Kier molecular flexibility index (Phi) is 5.86. The van der Waals surface area contributed by atoms with Crippen molar-refractivity contribution in [2.75, 3.05) is 26.3 Å². The highest BCUT2D eigenvalue weighted by Crippen LogP contribution is 2.26. The average Bonchev–Trinajstić information content (AvgIpc) is 3.24. The summed E-state index contributed by atoms with van der Waals surface area (Å²) >= 11 is 0. The summed E-state index contributed by atoms with van der Waals surface area (Å²) in [4.78, 5) is 40.6. The Morgan fingerprint density at radius 1 is 1.28 bits per heavy atom. The van der Waals surface area contributed by atoms with Gasteiger partial charge in [0.2, 0.25) is 0 Å². The molecular weight excluding hydrogens is 376 g/mol. The molecule has 3 heterocycles. The number of carbonyl (C=O) groups excluding carboxylic acids is 3. The van der Waals surface area contributed by atoms with E-state index < -0.39 is 18.1 Å².